The van der Waals surface area contributed by atoms with E-state index in [2.05, 4.69) is 0 Å². The van der Waals surface area contributed by atoms with Crippen molar-refractivity contribution in [2.24, 2.45) is 0 Å². The summed E-state index contributed by atoms with van der Waals surface area (Å²) in [6.07, 6.45) is 1.86. The van der Waals surface area contributed by atoms with Gasteiger partial charge in [-0.25, -0.2) is 4.90 Å². The molecule has 0 aromatic heterocycles. The van der Waals surface area contributed by atoms with Crippen molar-refractivity contribution in [3.05, 3.63) is 65.7 Å². The summed E-state index contributed by atoms with van der Waals surface area (Å²) in [5, 5.41) is 0. The monoisotopic (exact) mass is 293 g/mol. The maximum absolute atomic E-state index is 12.5. The molecule has 110 valence electrons. The number of hydrogen-bond acceptors (Lipinski definition) is 3. The topological polar surface area (TPSA) is 46.6 Å². The number of ether oxygens (including phenoxy) is 1. The van der Waals surface area contributed by atoms with Crippen LogP contribution < -0.4 is 9.64 Å². The zero-order valence-electron chi connectivity index (χ0n) is 12.2. The molecule has 4 heteroatoms. The van der Waals surface area contributed by atoms with Gasteiger partial charge in [0.25, 0.3) is 5.91 Å². The number of carbonyl (C=O) groups excluding carboxylic acids is 2. The standard InChI is InChI=1S/C18H15NO3/c1-22-16-9-5-6-13(11-16)10-14-12-17(20)19(18(14)21)15-7-3-2-4-8-15/h2-11H,12H2,1H3/b14-10+. The minimum absolute atomic E-state index is 0.116. The molecular formula is C18H15NO3. The lowest BCUT2D eigenvalue weighted by molar-refractivity contribution is -0.120. The Morgan fingerprint density at radius 1 is 1.05 bits per heavy atom. The minimum atomic E-state index is -0.265. The third-order valence-corrected chi connectivity index (χ3v) is 3.52. The number of rotatable bonds is 3. The first kappa shape index (κ1) is 14.1. The molecule has 0 bridgehead atoms. The lowest BCUT2D eigenvalue weighted by Gasteiger charge is -2.12. The summed E-state index contributed by atoms with van der Waals surface area (Å²) in [4.78, 5) is 25.9. The van der Waals surface area contributed by atoms with Gasteiger partial charge in [-0.2, -0.15) is 0 Å². The van der Waals surface area contributed by atoms with Crippen LogP contribution in [0.4, 0.5) is 5.69 Å². The first-order valence-corrected chi connectivity index (χ1v) is 6.96. The number of hydrogen-bond donors (Lipinski definition) is 0. The second-order valence-electron chi connectivity index (χ2n) is 4.99. The molecule has 22 heavy (non-hydrogen) atoms. The number of methoxy groups -OCH3 is 1. The summed E-state index contributed by atoms with van der Waals surface area (Å²) in [5.41, 5.74) is 1.93. The van der Waals surface area contributed by atoms with Gasteiger partial charge in [0, 0.05) is 5.57 Å². The Hall–Kier alpha value is -2.88. The number of benzene rings is 2. The Balaban J connectivity index is 1.92. The number of carbonyl (C=O) groups is 2. The highest BCUT2D eigenvalue weighted by Crippen LogP contribution is 2.27. The van der Waals surface area contributed by atoms with Crippen LogP contribution in [-0.2, 0) is 9.59 Å². The molecule has 1 saturated heterocycles. The molecule has 1 aliphatic rings. The van der Waals surface area contributed by atoms with E-state index in [1.807, 2.05) is 30.3 Å². The van der Waals surface area contributed by atoms with Gasteiger partial charge in [-0.3, -0.25) is 9.59 Å². The van der Waals surface area contributed by atoms with Gasteiger partial charge in [0.15, 0.2) is 0 Å². The van der Waals surface area contributed by atoms with Crippen molar-refractivity contribution in [2.75, 3.05) is 12.0 Å². The SMILES string of the molecule is COc1cccc(/C=C2\CC(=O)N(c3ccccc3)C2=O)c1. The molecule has 0 saturated carbocycles. The van der Waals surface area contributed by atoms with Crippen molar-refractivity contribution in [1.29, 1.82) is 0 Å². The summed E-state index contributed by atoms with van der Waals surface area (Å²) in [6, 6.07) is 16.4. The largest absolute Gasteiger partial charge is 0.497 e. The molecule has 4 nitrogen and oxygen atoms in total. The highest BCUT2D eigenvalue weighted by molar-refractivity contribution is 6.29. The molecule has 2 aromatic carbocycles. The zero-order chi connectivity index (χ0) is 15.5. The van der Waals surface area contributed by atoms with Crippen molar-refractivity contribution in [2.45, 2.75) is 6.42 Å². The summed E-state index contributed by atoms with van der Waals surface area (Å²) < 4.78 is 5.17. The number of para-hydroxylation sites is 1. The summed E-state index contributed by atoms with van der Waals surface area (Å²) in [6.45, 7) is 0. The van der Waals surface area contributed by atoms with Gasteiger partial charge in [-0.1, -0.05) is 30.3 Å². The maximum Gasteiger partial charge on any atom is 0.261 e. The van der Waals surface area contributed by atoms with Crippen LogP contribution in [0.3, 0.4) is 0 Å². The number of anilines is 1. The van der Waals surface area contributed by atoms with E-state index >= 15 is 0 Å². The van der Waals surface area contributed by atoms with Gasteiger partial charge >= 0.3 is 0 Å². The van der Waals surface area contributed by atoms with E-state index in [9.17, 15) is 9.59 Å². The molecule has 0 atom stereocenters. The average molecular weight is 293 g/mol. The number of imide groups is 1. The van der Waals surface area contributed by atoms with Gasteiger partial charge in [0.1, 0.15) is 5.75 Å². The van der Waals surface area contributed by atoms with Crippen molar-refractivity contribution < 1.29 is 14.3 Å². The fraction of sp³-hybridized carbons (Fsp3) is 0.111. The molecule has 2 aromatic rings. The maximum atomic E-state index is 12.5. The molecule has 0 N–H and O–H groups in total. The Kier molecular flexibility index (Phi) is 3.74. The first-order chi connectivity index (χ1) is 10.7. The highest BCUT2D eigenvalue weighted by Gasteiger charge is 2.34. The molecule has 0 radical (unpaired) electrons. The smallest absolute Gasteiger partial charge is 0.261 e. The van der Waals surface area contributed by atoms with E-state index in [1.165, 1.54) is 4.90 Å². The lowest BCUT2D eigenvalue weighted by atomic mass is 10.1. The van der Waals surface area contributed by atoms with Crippen LogP contribution in [0.25, 0.3) is 6.08 Å². The summed E-state index contributed by atoms with van der Waals surface area (Å²) in [5.74, 6) is 0.246. The number of amides is 2. The van der Waals surface area contributed by atoms with Gasteiger partial charge in [-0.15, -0.1) is 0 Å². The van der Waals surface area contributed by atoms with Crippen molar-refractivity contribution in [3.63, 3.8) is 0 Å². The van der Waals surface area contributed by atoms with Crippen molar-refractivity contribution >= 4 is 23.6 Å². The molecule has 2 amide bonds. The summed E-state index contributed by atoms with van der Waals surface area (Å²) in [7, 11) is 1.59. The Labute approximate surface area is 128 Å². The van der Waals surface area contributed by atoms with Gasteiger partial charge in [-0.05, 0) is 35.9 Å². The predicted octanol–water partition coefficient (Wildman–Crippen LogP) is 3.04. The van der Waals surface area contributed by atoms with Crippen LogP contribution in [0.2, 0.25) is 0 Å². The van der Waals surface area contributed by atoms with Gasteiger partial charge < -0.3 is 4.74 Å². The van der Waals surface area contributed by atoms with Gasteiger partial charge in [0.2, 0.25) is 5.91 Å². The molecule has 0 aliphatic carbocycles. The zero-order valence-corrected chi connectivity index (χ0v) is 12.2. The fourth-order valence-corrected chi connectivity index (χ4v) is 2.46. The summed E-state index contributed by atoms with van der Waals surface area (Å²) >= 11 is 0. The van der Waals surface area contributed by atoms with E-state index in [-0.39, 0.29) is 18.2 Å². The third-order valence-electron chi connectivity index (χ3n) is 3.52. The van der Waals surface area contributed by atoms with Crippen LogP contribution in [0.15, 0.2) is 60.2 Å². The van der Waals surface area contributed by atoms with Crippen LogP contribution in [-0.4, -0.2) is 18.9 Å². The minimum Gasteiger partial charge on any atom is -0.497 e. The third kappa shape index (κ3) is 2.63. The number of nitrogens with zero attached hydrogens (tertiary/aromatic N) is 1. The fourth-order valence-electron chi connectivity index (χ4n) is 2.46. The van der Waals surface area contributed by atoms with E-state index in [0.29, 0.717) is 17.0 Å². The van der Waals surface area contributed by atoms with Crippen molar-refractivity contribution in [3.8, 4) is 5.75 Å². The second-order valence-corrected chi connectivity index (χ2v) is 4.99. The van der Waals surface area contributed by atoms with Crippen LogP contribution in [0.5, 0.6) is 5.75 Å². The second kappa shape index (κ2) is 5.85. The predicted molar refractivity (Wildman–Crippen MR) is 84.5 cm³/mol. The Morgan fingerprint density at radius 2 is 1.82 bits per heavy atom. The quantitative estimate of drug-likeness (QED) is 0.645. The molecule has 1 fully saturated rings. The van der Waals surface area contributed by atoms with Gasteiger partial charge in [0.05, 0.1) is 19.2 Å². The van der Waals surface area contributed by atoms with Crippen molar-refractivity contribution in [1.82, 2.24) is 0 Å². The molecule has 0 spiro atoms. The first-order valence-electron chi connectivity index (χ1n) is 6.96. The van der Waals surface area contributed by atoms with Crippen LogP contribution in [0.1, 0.15) is 12.0 Å². The van der Waals surface area contributed by atoms with E-state index in [0.717, 1.165) is 5.56 Å². The molecule has 3 rings (SSSR count). The molecule has 1 aliphatic heterocycles. The van der Waals surface area contributed by atoms with E-state index in [4.69, 9.17) is 4.74 Å². The molecular weight excluding hydrogens is 278 g/mol. The molecule has 1 heterocycles. The normalized spacial score (nSPS) is 16.4. The van der Waals surface area contributed by atoms with Crippen LogP contribution >= 0.6 is 0 Å². The lowest BCUT2D eigenvalue weighted by Crippen LogP contribution is -2.28. The molecule has 0 unspecified atom stereocenters. The Bertz CT molecular complexity index is 750. The average Bonchev–Trinajstić information content (AvgIpc) is 2.82. The van der Waals surface area contributed by atoms with E-state index < -0.39 is 0 Å². The highest BCUT2D eigenvalue weighted by atomic mass is 16.5. The Morgan fingerprint density at radius 3 is 2.55 bits per heavy atom. The van der Waals surface area contributed by atoms with E-state index in [1.54, 1.807) is 37.5 Å². The van der Waals surface area contributed by atoms with Crippen LogP contribution in [0, 0.1) is 0 Å².